The van der Waals surface area contributed by atoms with Gasteiger partial charge in [0, 0.05) is 6.07 Å². The van der Waals surface area contributed by atoms with Gasteiger partial charge in [-0.25, -0.2) is 4.39 Å². The van der Waals surface area contributed by atoms with Gasteiger partial charge < -0.3 is 9.84 Å². The maximum absolute atomic E-state index is 13.1. The fourth-order valence-electron chi connectivity index (χ4n) is 1.06. The van der Waals surface area contributed by atoms with Crippen molar-refractivity contribution in [3.8, 4) is 5.75 Å². The maximum atomic E-state index is 13.1. The molecule has 0 fully saturated rings. The normalized spacial score (nSPS) is 10.8. The molecule has 0 radical (unpaired) electrons. The standard InChI is InChI=1S/C10H9BrFNO4/c11-7-5-10(17-4-2-1-3-14)9(13(15)16)6-8(7)12/h1-2,5-6,14H,3-4H2. The van der Waals surface area contributed by atoms with E-state index in [-0.39, 0.29) is 23.4 Å². The van der Waals surface area contributed by atoms with Crippen LogP contribution < -0.4 is 4.74 Å². The molecule has 92 valence electrons. The van der Waals surface area contributed by atoms with E-state index in [0.29, 0.717) is 0 Å². The van der Waals surface area contributed by atoms with Gasteiger partial charge in [0.2, 0.25) is 0 Å². The Morgan fingerprint density at radius 2 is 2.24 bits per heavy atom. The van der Waals surface area contributed by atoms with Gasteiger partial charge >= 0.3 is 5.69 Å². The van der Waals surface area contributed by atoms with Crippen molar-refractivity contribution in [3.05, 3.63) is 44.7 Å². The number of hydrogen-bond donors (Lipinski definition) is 1. The first-order chi connectivity index (χ1) is 8.06. The Bertz CT molecular complexity index is 450. The summed E-state index contributed by atoms with van der Waals surface area (Å²) in [6.07, 6.45) is 2.94. The number of aliphatic hydroxyl groups is 1. The summed E-state index contributed by atoms with van der Waals surface area (Å²) in [5.41, 5.74) is -0.442. The molecular formula is C10H9BrFNO4. The quantitative estimate of drug-likeness (QED) is 0.515. The molecule has 1 rings (SSSR count). The van der Waals surface area contributed by atoms with Crippen LogP contribution in [0, 0.1) is 15.9 Å². The molecule has 0 aliphatic rings. The van der Waals surface area contributed by atoms with Crippen molar-refractivity contribution in [2.24, 2.45) is 0 Å². The Kier molecular flexibility index (Phi) is 5.05. The van der Waals surface area contributed by atoms with Crippen molar-refractivity contribution in [2.75, 3.05) is 13.2 Å². The summed E-state index contributed by atoms with van der Waals surface area (Å²) >= 11 is 2.92. The van der Waals surface area contributed by atoms with Crippen LogP contribution in [0.1, 0.15) is 0 Å². The van der Waals surface area contributed by atoms with E-state index in [4.69, 9.17) is 9.84 Å². The molecule has 0 spiro atoms. The lowest BCUT2D eigenvalue weighted by Crippen LogP contribution is -1.99. The smallest absolute Gasteiger partial charge is 0.313 e. The second kappa shape index (κ2) is 6.31. The van der Waals surface area contributed by atoms with Crippen molar-refractivity contribution in [1.29, 1.82) is 0 Å². The van der Waals surface area contributed by atoms with E-state index >= 15 is 0 Å². The van der Waals surface area contributed by atoms with Crippen molar-refractivity contribution in [1.82, 2.24) is 0 Å². The zero-order valence-corrected chi connectivity index (χ0v) is 10.2. The lowest BCUT2D eigenvalue weighted by atomic mass is 10.3. The van der Waals surface area contributed by atoms with Crippen LogP contribution in [0.4, 0.5) is 10.1 Å². The van der Waals surface area contributed by atoms with Crippen molar-refractivity contribution in [3.63, 3.8) is 0 Å². The second-order valence-electron chi connectivity index (χ2n) is 2.96. The van der Waals surface area contributed by atoms with Crippen LogP contribution in [-0.2, 0) is 0 Å². The molecule has 1 N–H and O–H groups in total. The molecule has 0 heterocycles. The zero-order chi connectivity index (χ0) is 12.8. The lowest BCUT2D eigenvalue weighted by molar-refractivity contribution is -0.386. The third kappa shape index (κ3) is 3.79. The summed E-state index contributed by atoms with van der Waals surface area (Å²) < 4.78 is 18.3. The highest BCUT2D eigenvalue weighted by molar-refractivity contribution is 9.10. The molecule has 0 aliphatic heterocycles. The second-order valence-corrected chi connectivity index (χ2v) is 3.81. The fourth-order valence-corrected chi connectivity index (χ4v) is 1.38. The average Bonchev–Trinajstić information content (AvgIpc) is 2.28. The van der Waals surface area contributed by atoms with Gasteiger partial charge in [-0.3, -0.25) is 10.1 Å². The molecule has 0 saturated carbocycles. The third-order valence-corrected chi connectivity index (χ3v) is 2.41. The van der Waals surface area contributed by atoms with Crippen molar-refractivity contribution >= 4 is 21.6 Å². The molecule has 5 nitrogen and oxygen atoms in total. The van der Waals surface area contributed by atoms with E-state index in [9.17, 15) is 14.5 Å². The summed E-state index contributed by atoms with van der Waals surface area (Å²) in [5.74, 6) is -0.763. The molecular weight excluding hydrogens is 297 g/mol. The van der Waals surface area contributed by atoms with Crippen LogP contribution in [-0.4, -0.2) is 23.2 Å². The van der Waals surface area contributed by atoms with Crippen LogP contribution in [0.15, 0.2) is 28.8 Å². The van der Waals surface area contributed by atoms with Crippen LogP contribution in [0.25, 0.3) is 0 Å². The first kappa shape index (κ1) is 13.6. The molecule has 1 aromatic carbocycles. The maximum Gasteiger partial charge on any atom is 0.313 e. The number of nitro benzene ring substituents is 1. The van der Waals surface area contributed by atoms with Crippen molar-refractivity contribution < 1.29 is 19.2 Å². The van der Waals surface area contributed by atoms with Gasteiger partial charge in [-0.05, 0) is 22.0 Å². The molecule has 0 amide bonds. The molecule has 0 bridgehead atoms. The molecule has 0 saturated heterocycles. The zero-order valence-electron chi connectivity index (χ0n) is 8.60. The Morgan fingerprint density at radius 1 is 1.53 bits per heavy atom. The molecule has 0 aromatic heterocycles. The van der Waals surface area contributed by atoms with Crippen LogP contribution in [0.3, 0.4) is 0 Å². The first-order valence-electron chi connectivity index (χ1n) is 4.58. The van der Waals surface area contributed by atoms with Gasteiger partial charge in [-0.2, -0.15) is 0 Å². The third-order valence-electron chi connectivity index (χ3n) is 1.81. The van der Waals surface area contributed by atoms with Gasteiger partial charge in [-0.1, -0.05) is 6.08 Å². The van der Waals surface area contributed by atoms with Crippen LogP contribution >= 0.6 is 15.9 Å². The lowest BCUT2D eigenvalue weighted by Gasteiger charge is -2.05. The van der Waals surface area contributed by atoms with Gasteiger partial charge in [0.15, 0.2) is 5.75 Å². The number of hydrogen-bond acceptors (Lipinski definition) is 4. The largest absolute Gasteiger partial charge is 0.483 e. The van der Waals surface area contributed by atoms with Crippen LogP contribution in [0.2, 0.25) is 0 Å². The number of nitrogens with zero attached hydrogens (tertiary/aromatic N) is 1. The van der Waals surface area contributed by atoms with Gasteiger partial charge in [0.05, 0.1) is 22.1 Å². The highest BCUT2D eigenvalue weighted by atomic mass is 79.9. The van der Waals surface area contributed by atoms with Crippen LogP contribution in [0.5, 0.6) is 5.75 Å². The minimum Gasteiger partial charge on any atom is -0.483 e. The molecule has 1 aromatic rings. The topological polar surface area (TPSA) is 72.6 Å². The Balaban J connectivity index is 2.92. The SMILES string of the molecule is O=[N+]([O-])c1cc(F)c(Br)cc1OCC=CCO. The summed E-state index contributed by atoms with van der Waals surface area (Å²) in [4.78, 5) is 9.94. The Morgan fingerprint density at radius 3 is 2.82 bits per heavy atom. The summed E-state index contributed by atoms with van der Waals surface area (Å²) in [6, 6.07) is 1.98. The van der Waals surface area contributed by atoms with E-state index in [1.54, 1.807) is 0 Å². The van der Waals surface area contributed by atoms with E-state index < -0.39 is 16.4 Å². The monoisotopic (exact) mass is 305 g/mol. The highest BCUT2D eigenvalue weighted by Crippen LogP contribution is 2.32. The van der Waals surface area contributed by atoms with E-state index in [0.717, 1.165) is 6.07 Å². The predicted octanol–water partition coefficient (Wildman–Crippen LogP) is 2.42. The average molecular weight is 306 g/mol. The number of nitro groups is 1. The molecule has 0 unspecified atom stereocenters. The minimum atomic E-state index is -0.727. The Hall–Kier alpha value is -1.47. The number of halogens is 2. The minimum absolute atomic E-state index is 0.0362. The predicted molar refractivity (Wildman–Crippen MR) is 62.5 cm³/mol. The molecule has 0 atom stereocenters. The summed E-state index contributed by atoms with van der Waals surface area (Å²) in [6.45, 7) is -0.0853. The van der Waals surface area contributed by atoms with E-state index in [2.05, 4.69) is 15.9 Å². The number of benzene rings is 1. The highest BCUT2D eigenvalue weighted by Gasteiger charge is 2.18. The number of aliphatic hydroxyl groups excluding tert-OH is 1. The molecule has 17 heavy (non-hydrogen) atoms. The van der Waals surface area contributed by atoms with Gasteiger partial charge in [-0.15, -0.1) is 0 Å². The first-order valence-corrected chi connectivity index (χ1v) is 5.37. The van der Waals surface area contributed by atoms with Gasteiger partial charge in [0.25, 0.3) is 0 Å². The van der Waals surface area contributed by atoms with E-state index in [1.165, 1.54) is 18.2 Å². The number of rotatable bonds is 5. The summed E-state index contributed by atoms with van der Waals surface area (Å²) in [5, 5.41) is 19.1. The number of ether oxygens (including phenoxy) is 1. The molecule has 7 heteroatoms. The Labute approximate surface area is 105 Å². The fraction of sp³-hybridized carbons (Fsp3) is 0.200. The molecule has 0 aliphatic carbocycles. The summed E-state index contributed by atoms with van der Waals surface area (Å²) in [7, 11) is 0. The van der Waals surface area contributed by atoms with Crippen molar-refractivity contribution in [2.45, 2.75) is 0 Å². The van der Waals surface area contributed by atoms with E-state index in [1.807, 2.05) is 0 Å². The van der Waals surface area contributed by atoms with Gasteiger partial charge in [0.1, 0.15) is 12.4 Å².